The number of para-hydroxylation sites is 1. The molecule has 0 radical (unpaired) electrons. The number of hydrogen-bond donors (Lipinski definition) is 1. The van der Waals surface area contributed by atoms with E-state index in [0.29, 0.717) is 43.4 Å². The van der Waals surface area contributed by atoms with Crippen molar-refractivity contribution in [3.8, 4) is 11.5 Å². The van der Waals surface area contributed by atoms with Crippen LogP contribution in [0.1, 0.15) is 31.2 Å². The number of amides is 2. The Bertz CT molecular complexity index is 858. The number of thioether (sulfide) groups is 1. The highest BCUT2D eigenvalue weighted by Crippen LogP contribution is 2.42. The molecule has 1 aliphatic rings. The molecule has 6 nitrogen and oxygen atoms in total. The molecule has 1 saturated heterocycles. The van der Waals surface area contributed by atoms with Crippen molar-refractivity contribution in [2.24, 2.45) is 0 Å². The SMILES string of the molecule is CCOc1ccccc1C1SCC(=O)N1CCCOc1cccc(NC(C)=O)c1. The zero-order valence-electron chi connectivity index (χ0n) is 16.7. The van der Waals surface area contributed by atoms with Gasteiger partial charge in [-0.05, 0) is 31.5 Å². The largest absolute Gasteiger partial charge is 0.493 e. The summed E-state index contributed by atoms with van der Waals surface area (Å²) in [5, 5.41) is 2.71. The summed E-state index contributed by atoms with van der Waals surface area (Å²) in [5.74, 6) is 2.02. The fraction of sp³-hybridized carbons (Fsp3) is 0.364. The maximum Gasteiger partial charge on any atom is 0.233 e. The van der Waals surface area contributed by atoms with Crippen LogP contribution in [0.4, 0.5) is 5.69 Å². The van der Waals surface area contributed by atoms with Crippen LogP contribution in [0.3, 0.4) is 0 Å². The summed E-state index contributed by atoms with van der Waals surface area (Å²) in [6, 6.07) is 15.2. The smallest absolute Gasteiger partial charge is 0.233 e. The summed E-state index contributed by atoms with van der Waals surface area (Å²) in [5.41, 5.74) is 1.74. The maximum absolute atomic E-state index is 12.4. The minimum absolute atomic E-state index is 0.0339. The van der Waals surface area contributed by atoms with Crippen molar-refractivity contribution in [3.63, 3.8) is 0 Å². The minimum Gasteiger partial charge on any atom is -0.493 e. The van der Waals surface area contributed by atoms with Crippen LogP contribution in [0, 0.1) is 0 Å². The van der Waals surface area contributed by atoms with Crippen molar-refractivity contribution >= 4 is 29.3 Å². The molecule has 29 heavy (non-hydrogen) atoms. The Balaban J connectivity index is 1.57. The summed E-state index contributed by atoms with van der Waals surface area (Å²) in [6.45, 7) is 5.12. The molecule has 0 spiro atoms. The Morgan fingerprint density at radius 2 is 2.03 bits per heavy atom. The highest BCUT2D eigenvalue weighted by Gasteiger charge is 2.34. The number of carbonyl (C=O) groups excluding carboxylic acids is 2. The zero-order valence-corrected chi connectivity index (χ0v) is 17.5. The van der Waals surface area contributed by atoms with Gasteiger partial charge in [-0.1, -0.05) is 24.3 Å². The maximum atomic E-state index is 12.4. The van der Waals surface area contributed by atoms with Crippen LogP contribution in [0.25, 0.3) is 0 Å². The van der Waals surface area contributed by atoms with Crippen LogP contribution in [-0.4, -0.2) is 42.2 Å². The molecule has 1 unspecified atom stereocenters. The Hall–Kier alpha value is -2.67. The van der Waals surface area contributed by atoms with Crippen molar-refractivity contribution in [2.75, 3.05) is 30.8 Å². The molecule has 1 heterocycles. The number of benzene rings is 2. The fourth-order valence-corrected chi connectivity index (χ4v) is 4.46. The highest BCUT2D eigenvalue weighted by molar-refractivity contribution is 8.00. The zero-order chi connectivity index (χ0) is 20.6. The molecule has 7 heteroatoms. The van der Waals surface area contributed by atoms with Crippen molar-refractivity contribution in [3.05, 3.63) is 54.1 Å². The molecular weight excluding hydrogens is 388 g/mol. The van der Waals surface area contributed by atoms with Crippen molar-refractivity contribution < 1.29 is 19.1 Å². The van der Waals surface area contributed by atoms with Crippen LogP contribution in [0.5, 0.6) is 11.5 Å². The van der Waals surface area contributed by atoms with Crippen LogP contribution >= 0.6 is 11.8 Å². The van der Waals surface area contributed by atoms with E-state index >= 15 is 0 Å². The first kappa shape index (κ1) is 21.0. The van der Waals surface area contributed by atoms with Gasteiger partial charge in [0.25, 0.3) is 0 Å². The van der Waals surface area contributed by atoms with Gasteiger partial charge < -0.3 is 19.7 Å². The second-order valence-corrected chi connectivity index (χ2v) is 7.70. The Morgan fingerprint density at radius 3 is 2.83 bits per heavy atom. The standard InChI is InChI=1S/C22H26N2O4S/c1-3-27-20-11-5-4-10-19(20)22-24(21(26)15-29-22)12-7-13-28-18-9-6-8-17(14-18)23-16(2)25/h4-6,8-11,14,22H,3,7,12-13,15H2,1-2H3,(H,23,25). The molecule has 1 atom stereocenters. The highest BCUT2D eigenvalue weighted by atomic mass is 32.2. The van der Waals surface area contributed by atoms with Crippen LogP contribution < -0.4 is 14.8 Å². The second-order valence-electron chi connectivity index (χ2n) is 6.63. The molecule has 0 saturated carbocycles. The third-order valence-electron chi connectivity index (χ3n) is 4.42. The van der Waals surface area contributed by atoms with Crippen LogP contribution in [0.2, 0.25) is 0 Å². The third kappa shape index (κ3) is 5.67. The van der Waals surface area contributed by atoms with E-state index in [9.17, 15) is 9.59 Å². The predicted molar refractivity (Wildman–Crippen MR) is 115 cm³/mol. The number of carbonyl (C=O) groups is 2. The third-order valence-corrected chi connectivity index (χ3v) is 5.66. The molecule has 0 bridgehead atoms. The summed E-state index contributed by atoms with van der Waals surface area (Å²) < 4.78 is 11.6. The lowest BCUT2D eigenvalue weighted by Gasteiger charge is -2.25. The summed E-state index contributed by atoms with van der Waals surface area (Å²) in [6.07, 6.45) is 0.712. The van der Waals surface area contributed by atoms with Gasteiger partial charge in [0, 0.05) is 30.8 Å². The van der Waals surface area contributed by atoms with E-state index in [4.69, 9.17) is 9.47 Å². The molecule has 2 amide bonds. The normalized spacial score (nSPS) is 16.0. The predicted octanol–water partition coefficient (Wildman–Crippen LogP) is 4.09. The molecule has 2 aromatic rings. The van der Waals surface area contributed by atoms with Gasteiger partial charge in [-0.25, -0.2) is 0 Å². The molecule has 1 fully saturated rings. The van der Waals surface area contributed by atoms with Crippen molar-refractivity contribution in [1.29, 1.82) is 0 Å². The van der Waals surface area contributed by atoms with Crippen LogP contribution in [0.15, 0.2) is 48.5 Å². The molecule has 3 rings (SSSR count). The number of rotatable bonds is 9. The lowest BCUT2D eigenvalue weighted by molar-refractivity contribution is -0.128. The van der Waals surface area contributed by atoms with Gasteiger partial charge in [0.1, 0.15) is 16.9 Å². The number of hydrogen-bond acceptors (Lipinski definition) is 5. The molecule has 0 aliphatic carbocycles. The van der Waals surface area contributed by atoms with E-state index in [1.807, 2.05) is 54.3 Å². The molecule has 0 aromatic heterocycles. The first-order chi connectivity index (χ1) is 14.1. The van der Waals surface area contributed by atoms with Gasteiger partial charge in [0.2, 0.25) is 11.8 Å². The lowest BCUT2D eigenvalue weighted by atomic mass is 10.1. The van der Waals surface area contributed by atoms with Gasteiger partial charge >= 0.3 is 0 Å². The molecular formula is C22H26N2O4S. The first-order valence-electron chi connectivity index (χ1n) is 9.71. The quantitative estimate of drug-likeness (QED) is 0.626. The first-order valence-corrected chi connectivity index (χ1v) is 10.8. The Labute approximate surface area is 175 Å². The average Bonchev–Trinajstić information content (AvgIpc) is 3.06. The van der Waals surface area contributed by atoms with Crippen molar-refractivity contribution in [2.45, 2.75) is 25.6 Å². The molecule has 1 N–H and O–H groups in total. The number of ether oxygens (including phenoxy) is 2. The van der Waals surface area contributed by atoms with E-state index in [1.165, 1.54) is 6.92 Å². The Morgan fingerprint density at radius 1 is 1.21 bits per heavy atom. The number of nitrogens with one attached hydrogen (secondary N) is 1. The van der Waals surface area contributed by atoms with E-state index in [0.717, 1.165) is 11.3 Å². The summed E-state index contributed by atoms with van der Waals surface area (Å²) in [4.78, 5) is 25.5. The van der Waals surface area contributed by atoms with Gasteiger partial charge in [0.05, 0.1) is 19.0 Å². The Kier molecular flexibility index (Phi) is 7.41. The van der Waals surface area contributed by atoms with Crippen molar-refractivity contribution in [1.82, 2.24) is 4.90 Å². The summed E-state index contributed by atoms with van der Waals surface area (Å²) in [7, 11) is 0. The molecule has 1 aliphatic heterocycles. The van der Waals surface area contributed by atoms with Gasteiger partial charge in [-0.2, -0.15) is 0 Å². The van der Waals surface area contributed by atoms with E-state index in [1.54, 1.807) is 17.8 Å². The number of anilines is 1. The average molecular weight is 415 g/mol. The lowest BCUT2D eigenvalue weighted by Crippen LogP contribution is -2.30. The van der Waals surface area contributed by atoms with E-state index < -0.39 is 0 Å². The minimum atomic E-state index is -0.120. The van der Waals surface area contributed by atoms with E-state index in [-0.39, 0.29) is 17.2 Å². The second kappa shape index (κ2) is 10.2. The van der Waals surface area contributed by atoms with Gasteiger partial charge in [-0.3, -0.25) is 9.59 Å². The monoisotopic (exact) mass is 414 g/mol. The number of nitrogens with zero attached hydrogens (tertiary/aromatic N) is 1. The molecule has 2 aromatic carbocycles. The van der Waals surface area contributed by atoms with Crippen LogP contribution in [-0.2, 0) is 9.59 Å². The fourth-order valence-electron chi connectivity index (χ4n) is 3.22. The van der Waals surface area contributed by atoms with Gasteiger partial charge in [-0.15, -0.1) is 11.8 Å². The topological polar surface area (TPSA) is 67.9 Å². The van der Waals surface area contributed by atoms with Gasteiger partial charge in [0.15, 0.2) is 0 Å². The van der Waals surface area contributed by atoms with E-state index in [2.05, 4.69) is 5.32 Å². The summed E-state index contributed by atoms with van der Waals surface area (Å²) >= 11 is 1.63. The molecule has 154 valence electrons.